The number of ether oxygens (including phenoxy) is 1. The molecule has 0 aliphatic carbocycles. The maximum absolute atomic E-state index is 12.5. The van der Waals surface area contributed by atoms with Gasteiger partial charge in [-0.2, -0.15) is 0 Å². The number of H-pyrrole nitrogens is 1. The third kappa shape index (κ3) is 3.48. The molecule has 3 aromatic rings. The van der Waals surface area contributed by atoms with Crippen molar-refractivity contribution in [1.82, 2.24) is 10.3 Å². The zero-order valence-corrected chi connectivity index (χ0v) is 14.9. The van der Waals surface area contributed by atoms with E-state index in [1.165, 1.54) is 15.8 Å². The standard InChI is InChI=1S/C20H22N2O2S/c23-20(14-7-9-24-10-8-14)22-13-17(19-6-3-11-25-19)16-12-21-18-5-2-1-4-15(16)18/h1-6,11-12,14,17,21H,7-10,13H2,(H,22,23). The molecule has 1 saturated heterocycles. The van der Waals surface area contributed by atoms with Gasteiger partial charge in [0, 0.05) is 53.6 Å². The number of carbonyl (C=O) groups excluding carboxylic acids is 1. The lowest BCUT2D eigenvalue weighted by Crippen LogP contribution is -2.36. The molecule has 0 spiro atoms. The highest BCUT2D eigenvalue weighted by atomic mass is 32.1. The van der Waals surface area contributed by atoms with E-state index in [1.807, 2.05) is 6.07 Å². The number of nitrogens with one attached hydrogen (secondary N) is 2. The summed E-state index contributed by atoms with van der Waals surface area (Å²) in [6, 6.07) is 12.5. The highest BCUT2D eigenvalue weighted by Crippen LogP contribution is 2.33. The zero-order chi connectivity index (χ0) is 17.1. The maximum Gasteiger partial charge on any atom is 0.223 e. The monoisotopic (exact) mass is 354 g/mol. The molecule has 2 aromatic heterocycles. The van der Waals surface area contributed by atoms with Gasteiger partial charge in [-0.3, -0.25) is 4.79 Å². The number of carbonyl (C=O) groups is 1. The Labute approximate surface area is 151 Å². The molecular weight excluding hydrogens is 332 g/mol. The van der Waals surface area contributed by atoms with Crippen LogP contribution in [0.3, 0.4) is 0 Å². The van der Waals surface area contributed by atoms with Gasteiger partial charge in [0.1, 0.15) is 0 Å². The fraction of sp³-hybridized carbons (Fsp3) is 0.350. The molecular formula is C20H22N2O2S. The smallest absolute Gasteiger partial charge is 0.223 e. The highest BCUT2D eigenvalue weighted by Gasteiger charge is 2.24. The molecule has 1 atom stereocenters. The predicted octanol–water partition coefficient (Wildman–Crippen LogP) is 3.90. The van der Waals surface area contributed by atoms with Crippen molar-refractivity contribution < 1.29 is 9.53 Å². The van der Waals surface area contributed by atoms with Crippen LogP contribution in [0.15, 0.2) is 48.0 Å². The van der Waals surface area contributed by atoms with E-state index >= 15 is 0 Å². The number of aromatic amines is 1. The summed E-state index contributed by atoms with van der Waals surface area (Å²) >= 11 is 1.74. The first-order valence-corrected chi connectivity index (χ1v) is 9.66. The number of para-hydroxylation sites is 1. The predicted molar refractivity (Wildman–Crippen MR) is 101 cm³/mol. The summed E-state index contributed by atoms with van der Waals surface area (Å²) in [4.78, 5) is 17.2. The van der Waals surface area contributed by atoms with Crippen LogP contribution in [-0.4, -0.2) is 30.6 Å². The second-order valence-electron chi connectivity index (χ2n) is 6.49. The molecule has 5 heteroatoms. The van der Waals surface area contributed by atoms with Gasteiger partial charge >= 0.3 is 0 Å². The lowest BCUT2D eigenvalue weighted by molar-refractivity contribution is -0.127. The molecule has 25 heavy (non-hydrogen) atoms. The van der Waals surface area contributed by atoms with Gasteiger partial charge in [-0.1, -0.05) is 24.3 Å². The van der Waals surface area contributed by atoms with Crippen LogP contribution in [0.1, 0.15) is 29.2 Å². The Kier molecular flexibility index (Phi) is 4.85. The van der Waals surface area contributed by atoms with Crippen LogP contribution >= 0.6 is 11.3 Å². The Balaban J connectivity index is 1.56. The van der Waals surface area contributed by atoms with Gasteiger partial charge in [0.05, 0.1) is 0 Å². The number of amides is 1. The van der Waals surface area contributed by atoms with Crippen LogP contribution in [0, 0.1) is 5.92 Å². The Morgan fingerprint density at radius 3 is 2.88 bits per heavy atom. The molecule has 1 aromatic carbocycles. The summed E-state index contributed by atoms with van der Waals surface area (Å²) in [5.41, 5.74) is 2.38. The van der Waals surface area contributed by atoms with Crippen molar-refractivity contribution in [3.63, 3.8) is 0 Å². The minimum Gasteiger partial charge on any atom is -0.381 e. The third-order valence-electron chi connectivity index (χ3n) is 4.96. The van der Waals surface area contributed by atoms with Gasteiger partial charge in [0.2, 0.25) is 5.91 Å². The van der Waals surface area contributed by atoms with Gasteiger partial charge < -0.3 is 15.0 Å². The highest BCUT2D eigenvalue weighted by molar-refractivity contribution is 7.10. The van der Waals surface area contributed by atoms with Crippen LogP contribution in [0.2, 0.25) is 0 Å². The second-order valence-corrected chi connectivity index (χ2v) is 7.47. The average molecular weight is 354 g/mol. The van der Waals surface area contributed by atoms with E-state index in [4.69, 9.17) is 4.74 Å². The number of aromatic nitrogens is 1. The van der Waals surface area contributed by atoms with Crippen molar-refractivity contribution in [3.05, 3.63) is 58.4 Å². The van der Waals surface area contributed by atoms with E-state index in [-0.39, 0.29) is 17.7 Å². The number of hydrogen-bond acceptors (Lipinski definition) is 3. The summed E-state index contributed by atoms with van der Waals surface area (Å²) in [5, 5.41) is 6.51. The molecule has 1 fully saturated rings. The number of thiophene rings is 1. The Morgan fingerprint density at radius 1 is 1.24 bits per heavy atom. The summed E-state index contributed by atoms with van der Waals surface area (Å²) < 4.78 is 5.36. The Bertz CT molecular complexity index is 834. The first-order chi connectivity index (χ1) is 12.3. The van der Waals surface area contributed by atoms with Crippen LogP contribution in [0.5, 0.6) is 0 Å². The van der Waals surface area contributed by atoms with Crippen LogP contribution in [-0.2, 0) is 9.53 Å². The van der Waals surface area contributed by atoms with Crippen LogP contribution < -0.4 is 5.32 Å². The van der Waals surface area contributed by atoms with E-state index in [2.05, 4.69) is 52.2 Å². The second kappa shape index (κ2) is 7.42. The van der Waals surface area contributed by atoms with Crippen LogP contribution in [0.4, 0.5) is 0 Å². The molecule has 0 saturated carbocycles. The first kappa shape index (κ1) is 16.4. The van der Waals surface area contributed by atoms with Gasteiger partial charge in [-0.25, -0.2) is 0 Å². The molecule has 130 valence electrons. The molecule has 2 N–H and O–H groups in total. The lowest BCUT2D eigenvalue weighted by atomic mass is 9.95. The molecule has 1 aliphatic rings. The van der Waals surface area contributed by atoms with E-state index in [0.717, 1.165) is 18.4 Å². The van der Waals surface area contributed by atoms with E-state index in [9.17, 15) is 4.79 Å². The molecule has 3 heterocycles. The maximum atomic E-state index is 12.5. The third-order valence-corrected chi connectivity index (χ3v) is 5.94. The Hall–Kier alpha value is -2.11. The largest absolute Gasteiger partial charge is 0.381 e. The van der Waals surface area contributed by atoms with Crippen molar-refractivity contribution >= 4 is 28.1 Å². The van der Waals surface area contributed by atoms with E-state index in [0.29, 0.717) is 19.8 Å². The molecule has 4 nitrogen and oxygen atoms in total. The van der Waals surface area contributed by atoms with E-state index < -0.39 is 0 Å². The molecule has 4 rings (SSSR count). The van der Waals surface area contributed by atoms with Crippen molar-refractivity contribution in [2.45, 2.75) is 18.8 Å². The minimum atomic E-state index is 0.0840. The van der Waals surface area contributed by atoms with Crippen molar-refractivity contribution in [1.29, 1.82) is 0 Å². The number of hydrogen-bond donors (Lipinski definition) is 2. The van der Waals surface area contributed by atoms with Crippen molar-refractivity contribution in [2.24, 2.45) is 5.92 Å². The SMILES string of the molecule is O=C(NCC(c1cccs1)c1c[nH]c2ccccc12)C1CCOCC1. The van der Waals surface area contributed by atoms with Gasteiger partial charge in [0.15, 0.2) is 0 Å². The summed E-state index contributed by atoms with van der Waals surface area (Å²) in [7, 11) is 0. The van der Waals surface area contributed by atoms with Crippen molar-refractivity contribution in [3.8, 4) is 0 Å². The van der Waals surface area contributed by atoms with Crippen LogP contribution in [0.25, 0.3) is 10.9 Å². The average Bonchev–Trinajstić information content (AvgIpc) is 3.33. The zero-order valence-electron chi connectivity index (χ0n) is 14.0. The molecule has 1 amide bonds. The van der Waals surface area contributed by atoms with Gasteiger partial charge in [-0.15, -0.1) is 11.3 Å². The molecule has 0 bridgehead atoms. The quantitative estimate of drug-likeness (QED) is 0.730. The fourth-order valence-corrected chi connectivity index (χ4v) is 4.39. The number of benzene rings is 1. The van der Waals surface area contributed by atoms with Gasteiger partial charge in [-0.05, 0) is 35.9 Å². The van der Waals surface area contributed by atoms with Gasteiger partial charge in [0.25, 0.3) is 0 Å². The summed E-state index contributed by atoms with van der Waals surface area (Å²) in [6.45, 7) is 2.00. The normalized spacial score (nSPS) is 16.8. The summed E-state index contributed by atoms with van der Waals surface area (Å²) in [5.74, 6) is 0.408. The van der Waals surface area contributed by atoms with E-state index in [1.54, 1.807) is 11.3 Å². The number of rotatable bonds is 5. The molecule has 0 radical (unpaired) electrons. The minimum absolute atomic E-state index is 0.0840. The first-order valence-electron chi connectivity index (χ1n) is 8.78. The lowest BCUT2D eigenvalue weighted by Gasteiger charge is -2.23. The number of fused-ring (bicyclic) bond motifs is 1. The van der Waals surface area contributed by atoms with Crippen molar-refractivity contribution in [2.75, 3.05) is 19.8 Å². The molecule has 1 aliphatic heterocycles. The topological polar surface area (TPSA) is 54.1 Å². The Morgan fingerprint density at radius 2 is 2.08 bits per heavy atom. The molecule has 1 unspecified atom stereocenters. The summed E-state index contributed by atoms with van der Waals surface area (Å²) in [6.07, 6.45) is 3.72. The fourth-order valence-electron chi connectivity index (χ4n) is 3.54.